The second-order valence-corrected chi connectivity index (χ2v) is 2.65. The molecule has 1 aromatic rings. The van der Waals surface area contributed by atoms with Gasteiger partial charge >= 0.3 is 0 Å². The lowest BCUT2D eigenvalue weighted by atomic mass is 10.5. The second-order valence-electron chi connectivity index (χ2n) is 2.65. The number of hydrogen-bond acceptors (Lipinski definition) is 5. The SMILES string of the molecule is CC(C)Oc1cnc(N)c(N)n1. The number of hydrogen-bond donors (Lipinski definition) is 2. The molecule has 66 valence electrons. The molecule has 12 heavy (non-hydrogen) atoms. The average molecular weight is 168 g/mol. The number of nitrogens with zero attached hydrogens (tertiary/aromatic N) is 2. The average Bonchev–Trinajstić information content (AvgIpc) is 1.96. The number of nitrogen functional groups attached to an aromatic ring is 2. The standard InChI is InChI=1S/C7H12N4O/c1-4(2)12-5-3-10-6(8)7(9)11-5/h3-4H,1-2H3,(H2,8,10)(H2,9,11). The van der Waals surface area contributed by atoms with Crippen LogP contribution in [0.25, 0.3) is 0 Å². The Labute approximate surface area is 70.8 Å². The summed E-state index contributed by atoms with van der Waals surface area (Å²) in [6.07, 6.45) is 1.51. The van der Waals surface area contributed by atoms with Crippen LogP contribution in [0.4, 0.5) is 11.6 Å². The first-order chi connectivity index (χ1) is 5.59. The van der Waals surface area contributed by atoms with E-state index in [2.05, 4.69) is 9.97 Å². The minimum Gasteiger partial charge on any atom is -0.474 e. The molecule has 0 saturated heterocycles. The topological polar surface area (TPSA) is 87.0 Å². The third-order valence-corrected chi connectivity index (χ3v) is 1.16. The molecule has 0 saturated carbocycles. The zero-order chi connectivity index (χ0) is 9.14. The first-order valence-corrected chi connectivity index (χ1v) is 3.64. The Hall–Kier alpha value is -1.52. The maximum Gasteiger partial charge on any atom is 0.234 e. The Morgan fingerprint density at radius 1 is 1.33 bits per heavy atom. The number of aromatic nitrogens is 2. The molecule has 0 aliphatic carbocycles. The van der Waals surface area contributed by atoms with Gasteiger partial charge in [-0.25, -0.2) is 4.98 Å². The third kappa shape index (κ3) is 1.98. The fourth-order valence-electron chi connectivity index (χ4n) is 0.694. The Balaban J connectivity index is 2.82. The van der Waals surface area contributed by atoms with Crippen molar-refractivity contribution in [2.45, 2.75) is 20.0 Å². The molecule has 0 fully saturated rings. The third-order valence-electron chi connectivity index (χ3n) is 1.16. The van der Waals surface area contributed by atoms with Crippen LogP contribution in [0.3, 0.4) is 0 Å². The Kier molecular flexibility index (Phi) is 2.32. The second kappa shape index (κ2) is 3.25. The predicted molar refractivity (Wildman–Crippen MR) is 46.6 cm³/mol. The summed E-state index contributed by atoms with van der Waals surface area (Å²) in [6, 6.07) is 0. The maximum absolute atomic E-state index is 5.42. The van der Waals surface area contributed by atoms with Gasteiger partial charge in [-0.05, 0) is 13.8 Å². The van der Waals surface area contributed by atoms with Gasteiger partial charge in [0.2, 0.25) is 5.88 Å². The Morgan fingerprint density at radius 2 is 2.00 bits per heavy atom. The fraction of sp³-hybridized carbons (Fsp3) is 0.429. The molecule has 0 amide bonds. The highest BCUT2D eigenvalue weighted by molar-refractivity contribution is 5.52. The number of rotatable bonds is 2. The molecule has 0 spiro atoms. The highest BCUT2D eigenvalue weighted by atomic mass is 16.5. The quantitative estimate of drug-likeness (QED) is 0.668. The predicted octanol–water partition coefficient (Wildman–Crippen LogP) is 0.428. The van der Waals surface area contributed by atoms with Crippen LogP contribution >= 0.6 is 0 Å². The molecular formula is C7H12N4O. The summed E-state index contributed by atoms with van der Waals surface area (Å²) in [4.78, 5) is 7.68. The van der Waals surface area contributed by atoms with Crippen molar-refractivity contribution in [1.82, 2.24) is 9.97 Å². The monoisotopic (exact) mass is 168 g/mol. The van der Waals surface area contributed by atoms with E-state index in [-0.39, 0.29) is 17.7 Å². The maximum atomic E-state index is 5.42. The van der Waals surface area contributed by atoms with Gasteiger partial charge in [-0.15, -0.1) is 0 Å². The van der Waals surface area contributed by atoms with Gasteiger partial charge in [0.1, 0.15) is 0 Å². The molecule has 0 aliphatic heterocycles. The first kappa shape index (κ1) is 8.58. The van der Waals surface area contributed by atoms with Crippen LogP contribution in [0, 0.1) is 0 Å². The molecule has 1 aromatic heterocycles. The van der Waals surface area contributed by atoms with Crippen LogP contribution in [0.15, 0.2) is 6.20 Å². The van der Waals surface area contributed by atoms with E-state index in [0.29, 0.717) is 5.88 Å². The van der Waals surface area contributed by atoms with Crippen molar-refractivity contribution in [3.63, 3.8) is 0 Å². The largest absolute Gasteiger partial charge is 0.474 e. The first-order valence-electron chi connectivity index (χ1n) is 3.64. The lowest BCUT2D eigenvalue weighted by Crippen LogP contribution is -2.09. The molecule has 5 heteroatoms. The van der Waals surface area contributed by atoms with Crippen LogP contribution in [-0.4, -0.2) is 16.1 Å². The van der Waals surface area contributed by atoms with Crippen molar-refractivity contribution in [2.75, 3.05) is 11.5 Å². The summed E-state index contributed by atoms with van der Waals surface area (Å²) in [6.45, 7) is 3.79. The fourth-order valence-corrected chi connectivity index (χ4v) is 0.694. The van der Waals surface area contributed by atoms with Gasteiger partial charge in [-0.2, -0.15) is 4.98 Å². The zero-order valence-electron chi connectivity index (χ0n) is 7.11. The van der Waals surface area contributed by atoms with Crippen LogP contribution in [0.1, 0.15) is 13.8 Å². The molecule has 1 rings (SSSR count). The van der Waals surface area contributed by atoms with Crippen molar-refractivity contribution in [2.24, 2.45) is 0 Å². The molecule has 0 aromatic carbocycles. The van der Waals surface area contributed by atoms with Crippen LogP contribution in [0.5, 0.6) is 5.88 Å². The Morgan fingerprint density at radius 3 is 2.50 bits per heavy atom. The summed E-state index contributed by atoms with van der Waals surface area (Å²) in [5, 5.41) is 0. The minimum absolute atomic E-state index is 0.0577. The highest BCUT2D eigenvalue weighted by Gasteiger charge is 2.02. The lowest BCUT2D eigenvalue weighted by Gasteiger charge is -2.08. The summed E-state index contributed by atoms with van der Waals surface area (Å²) in [5.74, 6) is 0.830. The van der Waals surface area contributed by atoms with Crippen LogP contribution < -0.4 is 16.2 Å². The van der Waals surface area contributed by atoms with Gasteiger partial charge in [-0.1, -0.05) is 0 Å². The van der Waals surface area contributed by atoms with Crippen molar-refractivity contribution >= 4 is 11.6 Å². The van der Waals surface area contributed by atoms with E-state index < -0.39 is 0 Å². The lowest BCUT2D eigenvalue weighted by molar-refractivity contribution is 0.232. The number of ether oxygens (including phenoxy) is 1. The van der Waals surface area contributed by atoms with E-state index in [1.54, 1.807) is 0 Å². The molecular weight excluding hydrogens is 156 g/mol. The smallest absolute Gasteiger partial charge is 0.234 e. The molecule has 0 aliphatic rings. The molecule has 0 unspecified atom stereocenters. The van der Waals surface area contributed by atoms with E-state index in [1.165, 1.54) is 6.20 Å². The Bertz CT molecular complexity index is 274. The van der Waals surface area contributed by atoms with E-state index in [9.17, 15) is 0 Å². The summed E-state index contributed by atoms with van der Waals surface area (Å²) >= 11 is 0. The van der Waals surface area contributed by atoms with Gasteiger partial charge in [0.15, 0.2) is 11.6 Å². The van der Waals surface area contributed by atoms with Gasteiger partial charge < -0.3 is 16.2 Å². The molecule has 0 atom stereocenters. The minimum atomic E-state index is 0.0577. The molecule has 1 heterocycles. The van der Waals surface area contributed by atoms with E-state index >= 15 is 0 Å². The molecule has 4 N–H and O–H groups in total. The highest BCUT2D eigenvalue weighted by Crippen LogP contribution is 2.13. The van der Waals surface area contributed by atoms with Crippen LogP contribution in [-0.2, 0) is 0 Å². The summed E-state index contributed by atoms with van der Waals surface area (Å²) in [7, 11) is 0. The van der Waals surface area contributed by atoms with Crippen molar-refractivity contribution in [3.8, 4) is 5.88 Å². The van der Waals surface area contributed by atoms with E-state index in [0.717, 1.165) is 0 Å². The van der Waals surface area contributed by atoms with Crippen molar-refractivity contribution in [3.05, 3.63) is 6.20 Å². The van der Waals surface area contributed by atoms with E-state index in [4.69, 9.17) is 16.2 Å². The molecule has 5 nitrogen and oxygen atoms in total. The van der Waals surface area contributed by atoms with Gasteiger partial charge in [0, 0.05) is 0 Å². The van der Waals surface area contributed by atoms with Crippen molar-refractivity contribution in [1.29, 1.82) is 0 Å². The van der Waals surface area contributed by atoms with Crippen LogP contribution in [0.2, 0.25) is 0 Å². The normalized spacial score (nSPS) is 10.2. The van der Waals surface area contributed by atoms with Gasteiger partial charge in [0.05, 0.1) is 12.3 Å². The molecule has 0 radical (unpaired) electrons. The van der Waals surface area contributed by atoms with Gasteiger partial charge in [0.25, 0.3) is 0 Å². The van der Waals surface area contributed by atoms with Crippen molar-refractivity contribution < 1.29 is 4.74 Å². The summed E-state index contributed by atoms with van der Waals surface area (Å²) in [5.41, 5.74) is 10.8. The number of anilines is 2. The zero-order valence-corrected chi connectivity index (χ0v) is 7.11. The summed E-state index contributed by atoms with van der Waals surface area (Å²) < 4.78 is 5.24. The van der Waals surface area contributed by atoms with E-state index in [1.807, 2.05) is 13.8 Å². The van der Waals surface area contributed by atoms with Gasteiger partial charge in [-0.3, -0.25) is 0 Å². The number of nitrogens with two attached hydrogens (primary N) is 2. The molecule has 0 bridgehead atoms.